The van der Waals surface area contributed by atoms with Crippen molar-refractivity contribution in [1.29, 1.82) is 5.26 Å². The van der Waals surface area contributed by atoms with Gasteiger partial charge >= 0.3 is 0 Å². The molecule has 1 aromatic heterocycles. The van der Waals surface area contributed by atoms with Crippen molar-refractivity contribution in [3.8, 4) is 6.07 Å². The molecule has 1 heterocycles. The Morgan fingerprint density at radius 2 is 1.87 bits per heavy atom. The molecular formula is C17H19N3O2S. The third-order valence-corrected chi connectivity index (χ3v) is 5.34. The van der Waals surface area contributed by atoms with E-state index in [2.05, 4.69) is 16.4 Å². The number of hydrogen-bond acceptors (Lipinski definition) is 5. The molecule has 1 N–H and O–H groups in total. The second kappa shape index (κ2) is 6.80. The predicted molar refractivity (Wildman–Crippen MR) is 89.9 cm³/mol. The molecule has 0 bridgehead atoms. The van der Waals surface area contributed by atoms with Gasteiger partial charge in [-0.1, -0.05) is 19.1 Å². The molecule has 0 spiro atoms. The van der Waals surface area contributed by atoms with E-state index >= 15 is 0 Å². The standard InChI is InChI=1S/C17H19N3O2S/c1-4-23(21,22)15-7-5-14(6-8-15)11-19-17-9-12(2)20-13(3)16(17)10-18/h5-9H,4,11H2,1-3H3,(H,19,20). The molecule has 0 fully saturated rings. The molecule has 0 aliphatic heterocycles. The number of pyridine rings is 1. The van der Waals surface area contributed by atoms with Gasteiger partial charge in [-0.2, -0.15) is 5.26 Å². The van der Waals surface area contributed by atoms with Crippen LogP contribution in [0.15, 0.2) is 35.2 Å². The van der Waals surface area contributed by atoms with Crippen LogP contribution in [0.25, 0.3) is 0 Å². The molecule has 5 nitrogen and oxygen atoms in total. The summed E-state index contributed by atoms with van der Waals surface area (Å²) >= 11 is 0. The predicted octanol–water partition coefficient (Wildman–Crippen LogP) is 2.98. The lowest BCUT2D eigenvalue weighted by Gasteiger charge is -2.11. The van der Waals surface area contributed by atoms with Crippen molar-refractivity contribution in [1.82, 2.24) is 4.98 Å². The van der Waals surface area contributed by atoms with Crippen LogP contribution in [0.4, 0.5) is 5.69 Å². The minimum Gasteiger partial charge on any atom is -0.380 e. The van der Waals surface area contributed by atoms with Crippen LogP contribution in [0.3, 0.4) is 0 Å². The molecule has 23 heavy (non-hydrogen) atoms. The minimum atomic E-state index is -3.18. The van der Waals surface area contributed by atoms with Gasteiger partial charge in [0.1, 0.15) is 6.07 Å². The lowest BCUT2D eigenvalue weighted by atomic mass is 10.1. The van der Waals surface area contributed by atoms with Crippen molar-refractivity contribution in [3.05, 3.63) is 52.8 Å². The van der Waals surface area contributed by atoms with Crippen LogP contribution >= 0.6 is 0 Å². The summed E-state index contributed by atoms with van der Waals surface area (Å²) in [5.74, 6) is 0.0890. The summed E-state index contributed by atoms with van der Waals surface area (Å²) < 4.78 is 23.6. The first-order chi connectivity index (χ1) is 10.9. The quantitative estimate of drug-likeness (QED) is 0.912. The molecule has 120 valence electrons. The van der Waals surface area contributed by atoms with Gasteiger partial charge in [0.25, 0.3) is 0 Å². The monoisotopic (exact) mass is 329 g/mol. The van der Waals surface area contributed by atoms with Gasteiger partial charge in [-0.15, -0.1) is 0 Å². The molecule has 0 atom stereocenters. The minimum absolute atomic E-state index is 0.0890. The maximum atomic E-state index is 11.8. The van der Waals surface area contributed by atoms with Gasteiger partial charge < -0.3 is 5.32 Å². The van der Waals surface area contributed by atoms with E-state index in [0.717, 1.165) is 16.9 Å². The van der Waals surface area contributed by atoms with Crippen LogP contribution < -0.4 is 5.32 Å². The van der Waals surface area contributed by atoms with Crippen LogP contribution in [0, 0.1) is 25.2 Å². The highest BCUT2D eigenvalue weighted by Crippen LogP contribution is 2.20. The number of nitriles is 1. The lowest BCUT2D eigenvalue weighted by molar-refractivity contribution is 0.597. The van der Waals surface area contributed by atoms with Crippen molar-refractivity contribution in [2.24, 2.45) is 0 Å². The maximum absolute atomic E-state index is 11.8. The van der Waals surface area contributed by atoms with E-state index in [1.54, 1.807) is 38.1 Å². The average Bonchev–Trinajstić information content (AvgIpc) is 2.53. The Labute approximate surface area is 136 Å². The van der Waals surface area contributed by atoms with Crippen molar-refractivity contribution in [3.63, 3.8) is 0 Å². The fourth-order valence-electron chi connectivity index (χ4n) is 2.29. The molecule has 0 amide bonds. The van der Waals surface area contributed by atoms with Crippen molar-refractivity contribution >= 4 is 15.5 Å². The highest BCUT2D eigenvalue weighted by molar-refractivity contribution is 7.91. The Kier molecular flexibility index (Phi) is 5.02. The van der Waals surface area contributed by atoms with Crippen LogP contribution in [-0.4, -0.2) is 19.2 Å². The molecule has 2 rings (SSSR count). The fraction of sp³-hybridized carbons (Fsp3) is 0.294. The zero-order valence-corrected chi connectivity index (χ0v) is 14.2. The smallest absolute Gasteiger partial charge is 0.178 e. The van der Waals surface area contributed by atoms with Crippen LogP contribution in [-0.2, 0) is 16.4 Å². The van der Waals surface area contributed by atoms with Crippen LogP contribution in [0.1, 0.15) is 29.4 Å². The summed E-state index contributed by atoms with van der Waals surface area (Å²) in [4.78, 5) is 4.61. The van der Waals surface area contributed by atoms with Gasteiger partial charge in [0.05, 0.1) is 27.6 Å². The SMILES string of the molecule is CCS(=O)(=O)c1ccc(CNc2cc(C)nc(C)c2C#N)cc1. The first kappa shape index (κ1) is 17.0. The Bertz CT molecular complexity index is 851. The zero-order valence-electron chi connectivity index (χ0n) is 13.4. The van der Waals surface area contributed by atoms with Crippen molar-refractivity contribution < 1.29 is 8.42 Å². The fourth-order valence-corrected chi connectivity index (χ4v) is 3.17. The average molecular weight is 329 g/mol. The Balaban J connectivity index is 2.18. The van der Waals surface area contributed by atoms with Crippen molar-refractivity contribution in [2.45, 2.75) is 32.2 Å². The van der Waals surface area contributed by atoms with Gasteiger partial charge in [0.2, 0.25) is 0 Å². The van der Waals surface area contributed by atoms with Crippen molar-refractivity contribution in [2.75, 3.05) is 11.1 Å². The van der Waals surface area contributed by atoms with Gasteiger partial charge in [-0.3, -0.25) is 4.98 Å². The molecule has 2 aromatic rings. The Morgan fingerprint density at radius 1 is 1.22 bits per heavy atom. The number of hydrogen-bond donors (Lipinski definition) is 1. The number of anilines is 1. The van der Waals surface area contributed by atoms with E-state index in [-0.39, 0.29) is 5.75 Å². The molecule has 0 saturated carbocycles. The highest BCUT2D eigenvalue weighted by atomic mass is 32.2. The number of aryl methyl sites for hydroxylation is 2. The second-order valence-corrected chi connectivity index (χ2v) is 7.56. The van der Waals surface area contributed by atoms with Gasteiger partial charge in [-0.25, -0.2) is 8.42 Å². The van der Waals surface area contributed by atoms with E-state index < -0.39 is 9.84 Å². The molecule has 0 unspecified atom stereocenters. The van der Waals surface area contributed by atoms with Gasteiger partial charge in [0, 0.05) is 12.2 Å². The maximum Gasteiger partial charge on any atom is 0.178 e. The first-order valence-corrected chi connectivity index (χ1v) is 8.96. The molecule has 0 aliphatic rings. The van der Waals surface area contributed by atoms with Crippen LogP contribution in [0.5, 0.6) is 0 Å². The molecular weight excluding hydrogens is 310 g/mol. The van der Waals surface area contributed by atoms with E-state index in [9.17, 15) is 13.7 Å². The molecule has 1 aromatic carbocycles. The van der Waals surface area contributed by atoms with E-state index in [4.69, 9.17) is 0 Å². The van der Waals surface area contributed by atoms with Crippen LogP contribution in [0.2, 0.25) is 0 Å². The summed E-state index contributed by atoms with van der Waals surface area (Å²) in [7, 11) is -3.18. The number of sulfone groups is 1. The summed E-state index contributed by atoms with van der Waals surface area (Å²) in [6.45, 7) is 5.82. The van der Waals surface area contributed by atoms with Gasteiger partial charge in [-0.05, 0) is 37.6 Å². The number of nitrogens with one attached hydrogen (secondary N) is 1. The molecule has 6 heteroatoms. The summed E-state index contributed by atoms with van der Waals surface area (Å²) in [6.07, 6.45) is 0. The van der Waals surface area contributed by atoms with Gasteiger partial charge in [0.15, 0.2) is 9.84 Å². The summed E-state index contributed by atoms with van der Waals surface area (Å²) in [6, 6.07) is 10.8. The molecule has 0 radical (unpaired) electrons. The number of nitrogens with zero attached hydrogens (tertiary/aromatic N) is 2. The molecule has 0 saturated heterocycles. The normalized spacial score (nSPS) is 11.0. The Hall–Kier alpha value is -2.39. The third kappa shape index (κ3) is 3.88. The number of benzene rings is 1. The largest absolute Gasteiger partial charge is 0.380 e. The first-order valence-electron chi connectivity index (χ1n) is 7.31. The topological polar surface area (TPSA) is 82.8 Å². The highest BCUT2D eigenvalue weighted by Gasteiger charge is 2.11. The Morgan fingerprint density at radius 3 is 2.43 bits per heavy atom. The third-order valence-electron chi connectivity index (χ3n) is 3.59. The zero-order chi connectivity index (χ0) is 17.0. The molecule has 0 aliphatic carbocycles. The number of rotatable bonds is 5. The van der Waals surface area contributed by atoms with E-state index in [1.807, 2.05) is 13.0 Å². The second-order valence-electron chi connectivity index (χ2n) is 5.28. The van der Waals surface area contributed by atoms with E-state index in [1.165, 1.54) is 0 Å². The number of aromatic nitrogens is 1. The summed E-state index contributed by atoms with van der Waals surface area (Å²) in [5, 5.41) is 12.5. The lowest BCUT2D eigenvalue weighted by Crippen LogP contribution is -2.06. The van der Waals surface area contributed by atoms with E-state index in [0.29, 0.717) is 22.7 Å². The summed E-state index contributed by atoms with van der Waals surface area (Å²) in [5.41, 5.74) is 3.74.